The predicted octanol–water partition coefficient (Wildman–Crippen LogP) is -1.23. The third kappa shape index (κ3) is 5.99. The van der Waals surface area contributed by atoms with Gasteiger partial charge >= 0.3 is 27.0 Å². The first-order valence-electron chi connectivity index (χ1n) is 14.3. The number of nitrogens with two attached hydrogens (primary N) is 2. The van der Waals surface area contributed by atoms with Crippen LogP contribution < -0.4 is 22.8 Å². The molecule has 0 amide bonds. The lowest BCUT2D eigenvalue weighted by atomic mass is 9.88. The second-order valence-electron chi connectivity index (χ2n) is 11.8. The standard InChI is InChI=1S/C14H19N4O7P.C11H13N4O7P/c1-8(2)24-26(21)22-6-9-11(25-26)13(3,20)14(7-15,23-9)18-5-4-10(16)17-12(18)19;1-10(17)8-6(4-20-23(18,19)22-8)21-11(10,5-12)15-3-2-7(13)14-9(15)16/h4-5,8-9,11,20H,6H2,1-3H3,(H2,16,17,19);2-3,6,8,17H,4H2,1H3,(H,18,19)(H2,13,14,16)/t9-,11-,13-,14-,26?;6-,8-,10-,11-/m11/s1. The van der Waals surface area contributed by atoms with Gasteiger partial charge < -0.3 is 36.0 Å². The van der Waals surface area contributed by atoms with E-state index in [2.05, 4.69) is 14.5 Å². The molecule has 4 aliphatic rings. The SMILES string of the molecule is CC(C)OP1(=O)OC[C@H]2O[C@@](C#N)(n3ccc(N)nc3=O)[C@](C)(O)[C@@H]2O1.C[C@@]1(O)[C@@H]2OP(=O)(O)OC[C@H]2O[C@@]1(C#N)n1ccc(N)nc1=O. The lowest BCUT2D eigenvalue weighted by Crippen LogP contribution is -2.58. The number of ether oxygens (including phenoxy) is 2. The van der Waals surface area contributed by atoms with Gasteiger partial charge in [0.25, 0.3) is 11.4 Å². The molecule has 4 saturated heterocycles. The van der Waals surface area contributed by atoms with Crippen molar-refractivity contribution in [1.29, 1.82) is 10.5 Å². The van der Waals surface area contributed by atoms with Crippen molar-refractivity contribution < 1.29 is 56.3 Å². The molecule has 10 atom stereocenters. The maximum Gasteiger partial charge on any atom is 0.475 e. The molecule has 0 aliphatic carbocycles. The number of phosphoric acid groups is 2. The molecule has 2 aromatic heterocycles. The molecule has 0 bridgehead atoms. The minimum absolute atomic E-state index is 0.0520. The van der Waals surface area contributed by atoms with Crippen LogP contribution in [0.2, 0.25) is 0 Å². The van der Waals surface area contributed by atoms with Gasteiger partial charge in [0, 0.05) is 12.4 Å². The van der Waals surface area contributed by atoms with Crippen LogP contribution in [0.3, 0.4) is 0 Å². The van der Waals surface area contributed by atoms with Crippen molar-refractivity contribution in [2.75, 3.05) is 24.7 Å². The Kier molecular flexibility index (Phi) is 9.22. The van der Waals surface area contributed by atoms with Crippen LogP contribution in [0.4, 0.5) is 11.6 Å². The van der Waals surface area contributed by atoms with Gasteiger partial charge in [0.2, 0.25) is 0 Å². The Hall–Kier alpha value is -3.60. The Morgan fingerprint density at radius 2 is 1.33 bits per heavy atom. The number of anilines is 2. The number of hydrogen-bond acceptors (Lipinski definition) is 19. The van der Waals surface area contributed by atoms with Crippen molar-refractivity contribution >= 4 is 27.3 Å². The van der Waals surface area contributed by atoms with E-state index in [-0.39, 0.29) is 18.2 Å². The van der Waals surface area contributed by atoms with Crippen LogP contribution in [0.15, 0.2) is 34.1 Å². The van der Waals surface area contributed by atoms with Gasteiger partial charge in [0.05, 0.1) is 19.3 Å². The van der Waals surface area contributed by atoms with E-state index in [9.17, 15) is 44.3 Å². The van der Waals surface area contributed by atoms with Crippen LogP contribution >= 0.6 is 15.6 Å². The number of nitrogen functional groups attached to an aromatic ring is 2. The molecular weight excluding hydrogens is 698 g/mol. The number of nitriles is 2. The molecule has 4 aliphatic heterocycles. The molecular formula is C25H32N8O14P2. The number of hydrogen-bond donors (Lipinski definition) is 5. The Balaban J connectivity index is 0.000000192. The van der Waals surface area contributed by atoms with Crippen LogP contribution in [-0.2, 0) is 52.7 Å². The molecule has 22 nitrogen and oxygen atoms in total. The van der Waals surface area contributed by atoms with E-state index >= 15 is 0 Å². The summed E-state index contributed by atoms with van der Waals surface area (Å²) in [5.74, 6) is -0.127. The van der Waals surface area contributed by atoms with Crippen molar-refractivity contribution in [2.24, 2.45) is 0 Å². The minimum Gasteiger partial charge on any atom is -0.383 e. The lowest BCUT2D eigenvalue weighted by molar-refractivity contribution is -0.147. The van der Waals surface area contributed by atoms with Gasteiger partial charge in [-0.2, -0.15) is 20.5 Å². The Labute approximate surface area is 276 Å². The summed E-state index contributed by atoms with van der Waals surface area (Å²) in [6, 6.07) is 6.07. The van der Waals surface area contributed by atoms with Crippen LogP contribution in [0.1, 0.15) is 27.7 Å². The van der Waals surface area contributed by atoms with Gasteiger partial charge in [-0.3, -0.25) is 31.8 Å². The molecule has 7 N–H and O–H groups in total. The molecule has 2 aromatic rings. The van der Waals surface area contributed by atoms with E-state index in [1.165, 1.54) is 25.3 Å². The van der Waals surface area contributed by atoms with Crippen LogP contribution in [-0.4, -0.2) is 89.1 Å². The number of fused-ring (bicyclic) bond motifs is 2. The summed E-state index contributed by atoms with van der Waals surface area (Å²) in [7, 11) is -8.36. The molecule has 24 heteroatoms. The first-order valence-corrected chi connectivity index (χ1v) is 17.2. The summed E-state index contributed by atoms with van der Waals surface area (Å²) in [6.45, 7) is 5.03. The minimum atomic E-state index is -4.39. The summed E-state index contributed by atoms with van der Waals surface area (Å²) in [5.41, 5.74) is 0.416. The van der Waals surface area contributed by atoms with Gasteiger partial charge in [-0.1, -0.05) is 0 Å². The van der Waals surface area contributed by atoms with E-state index in [1.807, 2.05) is 6.07 Å². The maximum atomic E-state index is 12.6. The van der Waals surface area contributed by atoms with Crippen molar-refractivity contribution in [3.63, 3.8) is 0 Å². The summed E-state index contributed by atoms with van der Waals surface area (Å²) in [5, 5.41) is 41.3. The van der Waals surface area contributed by atoms with Crippen molar-refractivity contribution in [3.8, 4) is 12.1 Å². The van der Waals surface area contributed by atoms with Gasteiger partial charge in [-0.15, -0.1) is 0 Å². The maximum absolute atomic E-state index is 12.6. The van der Waals surface area contributed by atoms with Crippen LogP contribution in [0.25, 0.3) is 0 Å². The zero-order valence-electron chi connectivity index (χ0n) is 26.2. The van der Waals surface area contributed by atoms with Crippen molar-refractivity contribution in [3.05, 3.63) is 45.5 Å². The molecule has 266 valence electrons. The Morgan fingerprint density at radius 1 is 0.898 bits per heavy atom. The molecule has 6 heterocycles. The highest BCUT2D eigenvalue weighted by Gasteiger charge is 2.70. The third-order valence-corrected chi connectivity index (χ3v) is 10.7. The molecule has 4 fully saturated rings. The highest BCUT2D eigenvalue weighted by molar-refractivity contribution is 7.48. The monoisotopic (exact) mass is 730 g/mol. The number of aromatic nitrogens is 4. The average Bonchev–Trinajstić information content (AvgIpc) is 3.35. The smallest absolute Gasteiger partial charge is 0.383 e. The predicted molar refractivity (Wildman–Crippen MR) is 159 cm³/mol. The van der Waals surface area contributed by atoms with Gasteiger partial charge in [0.15, 0.2) is 11.2 Å². The second-order valence-corrected chi connectivity index (χ2v) is 14.8. The Morgan fingerprint density at radius 3 is 1.73 bits per heavy atom. The van der Waals surface area contributed by atoms with Gasteiger partial charge in [-0.05, 0) is 39.8 Å². The molecule has 49 heavy (non-hydrogen) atoms. The first-order chi connectivity index (χ1) is 22.7. The van der Waals surface area contributed by atoms with Crippen molar-refractivity contribution in [1.82, 2.24) is 19.1 Å². The summed E-state index contributed by atoms with van der Waals surface area (Å²) >= 11 is 0. The average molecular weight is 731 g/mol. The first kappa shape index (κ1) is 36.7. The fourth-order valence-corrected chi connectivity index (χ4v) is 8.44. The largest absolute Gasteiger partial charge is 0.475 e. The Bertz CT molecular complexity index is 1940. The topological polar surface area (TPSA) is 329 Å². The molecule has 2 unspecified atom stereocenters. The molecule has 0 aromatic carbocycles. The molecule has 6 rings (SSSR count). The molecule has 0 spiro atoms. The van der Waals surface area contributed by atoms with Crippen molar-refractivity contribution in [2.45, 2.75) is 80.9 Å². The highest BCUT2D eigenvalue weighted by Crippen LogP contribution is 2.60. The van der Waals surface area contributed by atoms with Gasteiger partial charge in [0.1, 0.15) is 48.2 Å². The summed E-state index contributed by atoms with van der Waals surface area (Å²) in [4.78, 5) is 40.8. The highest BCUT2D eigenvalue weighted by atomic mass is 31.2. The molecule has 0 radical (unpaired) electrons. The quantitative estimate of drug-likeness (QED) is 0.230. The van der Waals surface area contributed by atoms with E-state index in [0.29, 0.717) is 0 Å². The van der Waals surface area contributed by atoms with Crippen LogP contribution in [0, 0.1) is 22.7 Å². The number of rotatable bonds is 4. The molecule has 0 saturated carbocycles. The summed E-state index contributed by atoms with van der Waals surface area (Å²) < 4.78 is 62.1. The lowest BCUT2D eigenvalue weighted by Gasteiger charge is -2.37. The third-order valence-electron chi connectivity index (χ3n) is 8.06. The van der Waals surface area contributed by atoms with E-state index < -0.39 is 86.8 Å². The second kappa shape index (κ2) is 12.3. The normalized spacial score (nSPS) is 41.1. The zero-order chi connectivity index (χ0) is 36.4. The summed E-state index contributed by atoms with van der Waals surface area (Å²) in [6.07, 6.45) is -2.75. The fourth-order valence-electron chi connectivity index (χ4n) is 5.78. The number of aliphatic hydroxyl groups is 2. The van der Waals surface area contributed by atoms with E-state index in [4.69, 9.17) is 39.0 Å². The van der Waals surface area contributed by atoms with Gasteiger partial charge in [-0.25, -0.2) is 18.7 Å². The van der Waals surface area contributed by atoms with E-state index in [1.54, 1.807) is 19.9 Å². The zero-order valence-corrected chi connectivity index (χ0v) is 28.0. The fraction of sp³-hybridized carbons (Fsp3) is 0.600. The van der Waals surface area contributed by atoms with E-state index in [0.717, 1.165) is 22.3 Å². The number of phosphoric ester groups is 2. The van der Waals surface area contributed by atoms with Crippen LogP contribution in [0.5, 0.6) is 0 Å². The number of nitrogens with zero attached hydrogens (tertiary/aromatic N) is 6.